The van der Waals surface area contributed by atoms with E-state index in [4.69, 9.17) is 9.15 Å². The highest BCUT2D eigenvalue weighted by Crippen LogP contribution is 2.23. The molecule has 1 aliphatic rings. The standard InChI is InChI=1S/C24H27N5O4/c1-16-13-17-5-6-18(32-2)14-20(17)29-22(16)26-28(24(29)31)12-9-25-23(30)21-8-7-19(33-21)15-27-10-3-4-11-27/h5-8,13-14H,3-4,9-12,15H2,1-2H3,(H,25,30). The van der Waals surface area contributed by atoms with Gasteiger partial charge in [-0.2, -0.15) is 0 Å². The van der Waals surface area contributed by atoms with Crippen LogP contribution in [0.1, 0.15) is 34.7 Å². The van der Waals surface area contributed by atoms with Crippen molar-refractivity contribution in [2.24, 2.45) is 0 Å². The minimum Gasteiger partial charge on any atom is -0.497 e. The number of ether oxygens (including phenoxy) is 1. The number of pyridine rings is 1. The Hall–Kier alpha value is -3.59. The molecule has 1 fully saturated rings. The Morgan fingerprint density at radius 3 is 2.79 bits per heavy atom. The smallest absolute Gasteiger partial charge is 0.350 e. The van der Waals surface area contributed by atoms with Crippen molar-refractivity contribution in [3.63, 3.8) is 0 Å². The summed E-state index contributed by atoms with van der Waals surface area (Å²) in [5, 5.41) is 8.24. The minimum absolute atomic E-state index is 0.249. The molecule has 0 aliphatic carbocycles. The SMILES string of the molecule is COc1ccc2cc(C)c3nn(CCNC(=O)c4ccc(CN5CCCC5)o4)c(=O)n3c2c1. The Morgan fingerprint density at radius 2 is 2.00 bits per heavy atom. The van der Waals surface area contributed by atoms with Gasteiger partial charge in [0.15, 0.2) is 11.4 Å². The van der Waals surface area contributed by atoms with Crippen LogP contribution in [0.5, 0.6) is 5.75 Å². The van der Waals surface area contributed by atoms with Crippen LogP contribution < -0.4 is 15.7 Å². The second kappa shape index (κ2) is 8.74. The van der Waals surface area contributed by atoms with Crippen molar-refractivity contribution in [3.05, 3.63) is 64.0 Å². The average molecular weight is 450 g/mol. The number of aromatic nitrogens is 3. The van der Waals surface area contributed by atoms with Crippen molar-refractivity contribution in [1.29, 1.82) is 0 Å². The van der Waals surface area contributed by atoms with Gasteiger partial charge in [-0.05, 0) is 74.1 Å². The Bertz CT molecular complexity index is 1380. The first-order chi connectivity index (χ1) is 16.0. The summed E-state index contributed by atoms with van der Waals surface area (Å²) in [4.78, 5) is 27.9. The zero-order valence-electron chi connectivity index (χ0n) is 18.8. The van der Waals surface area contributed by atoms with Gasteiger partial charge in [0.1, 0.15) is 11.5 Å². The van der Waals surface area contributed by atoms with Crippen LogP contribution in [0, 0.1) is 6.92 Å². The summed E-state index contributed by atoms with van der Waals surface area (Å²) < 4.78 is 14.0. The molecule has 0 saturated carbocycles. The molecular formula is C24H27N5O4. The van der Waals surface area contributed by atoms with Gasteiger partial charge in [-0.3, -0.25) is 9.69 Å². The lowest BCUT2D eigenvalue weighted by atomic mass is 10.1. The topological polar surface area (TPSA) is 94.0 Å². The van der Waals surface area contributed by atoms with Crippen molar-refractivity contribution in [1.82, 2.24) is 24.4 Å². The van der Waals surface area contributed by atoms with Crippen LogP contribution in [-0.2, 0) is 13.1 Å². The first-order valence-electron chi connectivity index (χ1n) is 11.2. The fourth-order valence-corrected chi connectivity index (χ4v) is 4.40. The number of benzene rings is 1. The van der Waals surface area contributed by atoms with E-state index in [-0.39, 0.29) is 30.4 Å². The van der Waals surface area contributed by atoms with Crippen LogP contribution in [0.4, 0.5) is 0 Å². The van der Waals surface area contributed by atoms with Gasteiger partial charge in [-0.25, -0.2) is 13.9 Å². The molecule has 172 valence electrons. The molecule has 1 amide bonds. The molecular weight excluding hydrogens is 422 g/mol. The van der Waals surface area contributed by atoms with Crippen molar-refractivity contribution >= 4 is 22.5 Å². The zero-order valence-corrected chi connectivity index (χ0v) is 18.8. The zero-order chi connectivity index (χ0) is 22.9. The van der Waals surface area contributed by atoms with E-state index in [2.05, 4.69) is 15.3 Å². The predicted octanol–water partition coefficient (Wildman–Crippen LogP) is 2.59. The number of fused-ring (bicyclic) bond motifs is 3. The maximum atomic E-state index is 13.1. The van der Waals surface area contributed by atoms with Gasteiger partial charge < -0.3 is 14.5 Å². The molecule has 0 unspecified atom stereocenters. The third-order valence-electron chi connectivity index (χ3n) is 6.12. The molecule has 0 bridgehead atoms. The van der Waals surface area contributed by atoms with Gasteiger partial charge in [0, 0.05) is 12.6 Å². The second-order valence-electron chi connectivity index (χ2n) is 8.42. The molecule has 1 saturated heterocycles. The number of methoxy groups -OCH3 is 1. The maximum Gasteiger partial charge on any atom is 0.350 e. The third-order valence-corrected chi connectivity index (χ3v) is 6.12. The molecule has 0 radical (unpaired) electrons. The first-order valence-corrected chi connectivity index (χ1v) is 11.2. The van der Waals surface area contributed by atoms with Crippen molar-refractivity contribution in [2.45, 2.75) is 32.9 Å². The first kappa shape index (κ1) is 21.3. The van der Waals surface area contributed by atoms with Gasteiger partial charge in [0.2, 0.25) is 0 Å². The molecule has 9 heteroatoms. The molecule has 1 aliphatic heterocycles. The molecule has 4 aromatic rings. The lowest BCUT2D eigenvalue weighted by molar-refractivity contribution is 0.0920. The number of rotatable bonds is 7. The van der Waals surface area contributed by atoms with Gasteiger partial charge in [-0.15, -0.1) is 5.10 Å². The Kier molecular flexibility index (Phi) is 5.63. The van der Waals surface area contributed by atoms with Crippen molar-refractivity contribution < 1.29 is 13.9 Å². The summed E-state index contributed by atoms with van der Waals surface area (Å²) in [5.41, 5.74) is 1.96. The second-order valence-corrected chi connectivity index (χ2v) is 8.42. The third kappa shape index (κ3) is 4.11. The molecule has 3 aromatic heterocycles. The quantitative estimate of drug-likeness (QED) is 0.466. The Morgan fingerprint density at radius 1 is 1.18 bits per heavy atom. The van der Waals surface area contributed by atoms with E-state index >= 15 is 0 Å². The van der Waals surface area contributed by atoms with E-state index in [0.717, 1.165) is 41.9 Å². The number of amides is 1. The number of hydrogen-bond acceptors (Lipinski definition) is 6. The van der Waals surface area contributed by atoms with Gasteiger partial charge >= 0.3 is 5.69 Å². The molecule has 4 heterocycles. The monoisotopic (exact) mass is 449 g/mol. The number of hydrogen-bond donors (Lipinski definition) is 1. The fourth-order valence-electron chi connectivity index (χ4n) is 4.40. The van der Waals surface area contributed by atoms with E-state index in [1.165, 1.54) is 17.5 Å². The molecule has 0 spiro atoms. The highest BCUT2D eigenvalue weighted by Gasteiger charge is 2.17. The van der Waals surface area contributed by atoms with E-state index in [0.29, 0.717) is 11.4 Å². The number of carbonyl (C=O) groups excluding carboxylic acids is 1. The van der Waals surface area contributed by atoms with Crippen LogP contribution >= 0.6 is 0 Å². The molecule has 5 rings (SSSR count). The molecule has 0 atom stereocenters. The summed E-state index contributed by atoms with van der Waals surface area (Å²) in [7, 11) is 1.59. The van der Waals surface area contributed by atoms with Crippen molar-refractivity contribution in [2.75, 3.05) is 26.7 Å². The van der Waals surface area contributed by atoms with Crippen LogP contribution in [0.25, 0.3) is 16.6 Å². The Balaban J connectivity index is 1.30. The summed E-state index contributed by atoms with van der Waals surface area (Å²) >= 11 is 0. The van der Waals surface area contributed by atoms with Crippen LogP contribution in [0.3, 0.4) is 0 Å². The van der Waals surface area contributed by atoms with E-state index in [1.807, 2.05) is 37.3 Å². The van der Waals surface area contributed by atoms with E-state index < -0.39 is 0 Å². The normalized spacial score (nSPS) is 14.4. The summed E-state index contributed by atoms with van der Waals surface area (Å²) in [6.07, 6.45) is 2.42. The summed E-state index contributed by atoms with van der Waals surface area (Å²) in [5.74, 6) is 1.44. The molecule has 1 aromatic carbocycles. The van der Waals surface area contributed by atoms with Crippen LogP contribution in [0.15, 0.2) is 45.6 Å². The lowest BCUT2D eigenvalue weighted by Crippen LogP contribution is -2.31. The summed E-state index contributed by atoms with van der Waals surface area (Å²) in [6, 6.07) is 11.2. The van der Waals surface area contributed by atoms with Crippen LogP contribution in [0.2, 0.25) is 0 Å². The highest BCUT2D eigenvalue weighted by atomic mass is 16.5. The van der Waals surface area contributed by atoms with E-state index in [1.54, 1.807) is 17.6 Å². The number of nitrogens with zero attached hydrogens (tertiary/aromatic N) is 4. The lowest BCUT2D eigenvalue weighted by Gasteiger charge is -2.11. The summed E-state index contributed by atoms with van der Waals surface area (Å²) in [6.45, 7) is 5.29. The van der Waals surface area contributed by atoms with Gasteiger partial charge in [0.25, 0.3) is 5.91 Å². The van der Waals surface area contributed by atoms with Crippen molar-refractivity contribution in [3.8, 4) is 5.75 Å². The van der Waals surface area contributed by atoms with E-state index in [9.17, 15) is 9.59 Å². The molecule has 33 heavy (non-hydrogen) atoms. The maximum absolute atomic E-state index is 13.1. The average Bonchev–Trinajstić information content (AvgIpc) is 3.56. The number of aryl methyl sites for hydroxylation is 1. The Labute approximate surface area is 190 Å². The van der Waals surface area contributed by atoms with Crippen LogP contribution in [-0.4, -0.2) is 51.7 Å². The molecule has 9 nitrogen and oxygen atoms in total. The molecule has 1 N–H and O–H groups in total. The largest absolute Gasteiger partial charge is 0.497 e. The fraction of sp³-hybridized carbons (Fsp3) is 0.375. The number of furan rings is 1. The number of nitrogens with one attached hydrogen (secondary N) is 1. The number of carbonyl (C=O) groups is 1. The predicted molar refractivity (Wildman–Crippen MR) is 124 cm³/mol. The van der Waals surface area contributed by atoms with Gasteiger partial charge in [-0.1, -0.05) is 0 Å². The van der Waals surface area contributed by atoms with Gasteiger partial charge in [0.05, 0.1) is 25.7 Å². The number of likely N-dealkylation sites (tertiary alicyclic amines) is 1. The minimum atomic E-state index is -0.300. The highest BCUT2D eigenvalue weighted by molar-refractivity contribution is 5.91.